The number of halogens is 1. The van der Waals surface area contributed by atoms with Gasteiger partial charge in [-0.3, -0.25) is 0 Å². The van der Waals surface area contributed by atoms with Gasteiger partial charge in [0.1, 0.15) is 5.82 Å². The Morgan fingerprint density at radius 1 is 1.25 bits per heavy atom. The van der Waals surface area contributed by atoms with Crippen LogP contribution >= 0.6 is 0 Å². The van der Waals surface area contributed by atoms with Crippen molar-refractivity contribution in [2.75, 3.05) is 32.8 Å². The minimum Gasteiger partial charge on any atom is -0.385 e. The maximum atomic E-state index is 13.0. The van der Waals surface area contributed by atoms with Crippen molar-refractivity contribution in [1.82, 2.24) is 4.90 Å². The summed E-state index contributed by atoms with van der Waals surface area (Å²) in [6, 6.07) is 6.26. The normalized spacial score (nSPS) is 26.8. The summed E-state index contributed by atoms with van der Waals surface area (Å²) in [7, 11) is 0. The molecule has 0 unspecified atom stereocenters. The average molecular weight is 279 g/mol. The standard InChI is InChI=1S/C16H22FNO2/c17-15-3-1-14(2-4-15)16(19)6-8-18(9-7-16)11-13-5-10-20-12-13/h1-4,13,19H,5-12H2/t13-/m1/s1. The molecular formula is C16H22FNO2. The molecule has 0 amide bonds. The summed E-state index contributed by atoms with van der Waals surface area (Å²) in [4.78, 5) is 2.41. The second-order valence-electron chi connectivity index (χ2n) is 6.07. The lowest BCUT2D eigenvalue weighted by molar-refractivity contribution is -0.0290. The third-order valence-corrected chi connectivity index (χ3v) is 4.61. The molecule has 0 radical (unpaired) electrons. The number of aliphatic hydroxyl groups is 1. The van der Waals surface area contributed by atoms with Crippen LogP contribution in [-0.2, 0) is 10.3 Å². The second-order valence-corrected chi connectivity index (χ2v) is 6.07. The Morgan fingerprint density at radius 2 is 1.95 bits per heavy atom. The van der Waals surface area contributed by atoms with E-state index < -0.39 is 5.60 Å². The van der Waals surface area contributed by atoms with Crippen LogP contribution in [0.15, 0.2) is 24.3 Å². The van der Waals surface area contributed by atoms with Crippen LogP contribution in [0.2, 0.25) is 0 Å². The van der Waals surface area contributed by atoms with Crippen LogP contribution in [0.5, 0.6) is 0 Å². The predicted molar refractivity (Wildman–Crippen MR) is 74.9 cm³/mol. The molecule has 3 nitrogen and oxygen atoms in total. The highest BCUT2D eigenvalue weighted by Crippen LogP contribution is 2.33. The first-order valence-electron chi connectivity index (χ1n) is 7.44. The molecule has 110 valence electrons. The van der Waals surface area contributed by atoms with E-state index in [-0.39, 0.29) is 5.82 Å². The molecule has 20 heavy (non-hydrogen) atoms. The zero-order valence-corrected chi connectivity index (χ0v) is 11.7. The zero-order chi connectivity index (χ0) is 14.0. The lowest BCUT2D eigenvalue weighted by atomic mass is 9.84. The van der Waals surface area contributed by atoms with E-state index in [1.54, 1.807) is 12.1 Å². The van der Waals surface area contributed by atoms with E-state index in [0.29, 0.717) is 18.8 Å². The summed E-state index contributed by atoms with van der Waals surface area (Å²) < 4.78 is 18.4. The van der Waals surface area contributed by atoms with Gasteiger partial charge < -0.3 is 14.7 Å². The van der Waals surface area contributed by atoms with Crippen molar-refractivity contribution in [3.8, 4) is 0 Å². The van der Waals surface area contributed by atoms with E-state index in [4.69, 9.17) is 4.74 Å². The van der Waals surface area contributed by atoms with Crippen LogP contribution in [0.1, 0.15) is 24.8 Å². The predicted octanol–water partition coefficient (Wildman–Crippen LogP) is 2.15. The highest BCUT2D eigenvalue weighted by molar-refractivity contribution is 5.23. The Labute approximate surface area is 119 Å². The van der Waals surface area contributed by atoms with Crippen LogP contribution in [0, 0.1) is 11.7 Å². The van der Waals surface area contributed by atoms with Crippen molar-refractivity contribution in [1.29, 1.82) is 0 Å². The second kappa shape index (κ2) is 5.80. The molecule has 4 heteroatoms. The van der Waals surface area contributed by atoms with Gasteiger partial charge in [-0.1, -0.05) is 12.1 Å². The van der Waals surface area contributed by atoms with E-state index in [2.05, 4.69) is 4.90 Å². The summed E-state index contributed by atoms with van der Waals surface area (Å²) in [6.07, 6.45) is 2.58. The Balaban J connectivity index is 1.57. The molecule has 0 aliphatic carbocycles. The van der Waals surface area contributed by atoms with Gasteiger partial charge in [-0.2, -0.15) is 0 Å². The molecule has 0 aromatic heterocycles. The lowest BCUT2D eigenvalue weighted by Crippen LogP contribution is -2.44. The van der Waals surface area contributed by atoms with E-state index in [0.717, 1.165) is 44.8 Å². The van der Waals surface area contributed by atoms with E-state index in [1.165, 1.54) is 12.1 Å². The summed E-state index contributed by atoms with van der Waals surface area (Å²) >= 11 is 0. The number of piperidine rings is 1. The topological polar surface area (TPSA) is 32.7 Å². The summed E-state index contributed by atoms with van der Waals surface area (Å²) in [6.45, 7) is 4.62. The van der Waals surface area contributed by atoms with Gasteiger partial charge in [-0.05, 0) is 42.9 Å². The molecule has 2 saturated heterocycles. The molecule has 2 fully saturated rings. The van der Waals surface area contributed by atoms with Gasteiger partial charge in [-0.15, -0.1) is 0 Å². The first-order chi connectivity index (χ1) is 9.66. The fraction of sp³-hybridized carbons (Fsp3) is 0.625. The van der Waals surface area contributed by atoms with Crippen LogP contribution < -0.4 is 0 Å². The molecular weight excluding hydrogens is 257 g/mol. The molecule has 2 heterocycles. The molecule has 1 atom stereocenters. The Kier molecular flexibility index (Phi) is 4.06. The number of hydrogen-bond acceptors (Lipinski definition) is 3. The van der Waals surface area contributed by atoms with Gasteiger partial charge in [0, 0.05) is 26.2 Å². The van der Waals surface area contributed by atoms with Crippen molar-refractivity contribution in [3.05, 3.63) is 35.6 Å². The van der Waals surface area contributed by atoms with Gasteiger partial charge in [0.25, 0.3) is 0 Å². The highest BCUT2D eigenvalue weighted by atomic mass is 19.1. The van der Waals surface area contributed by atoms with Crippen molar-refractivity contribution >= 4 is 0 Å². The smallest absolute Gasteiger partial charge is 0.123 e. The minimum atomic E-state index is -0.795. The molecule has 0 bridgehead atoms. The summed E-state index contributed by atoms with van der Waals surface area (Å²) in [5, 5.41) is 10.7. The quantitative estimate of drug-likeness (QED) is 0.920. The Bertz CT molecular complexity index is 434. The van der Waals surface area contributed by atoms with Crippen LogP contribution in [0.3, 0.4) is 0 Å². The van der Waals surface area contributed by atoms with Crippen molar-refractivity contribution < 1.29 is 14.2 Å². The Morgan fingerprint density at radius 3 is 2.55 bits per heavy atom. The van der Waals surface area contributed by atoms with Crippen molar-refractivity contribution in [2.45, 2.75) is 24.9 Å². The first-order valence-corrected chi connectivity index (χ1v) is 7.44. The zero-order valence-electron chi connectivity index (χ0n) is 11.7. The van der Waals surface area contributed by atoms with E-state index in [1.807, 2.05) is 0 Å². The summed E-state index contributed by atoms with van der Waals surface area (Å²) in [5.41, 5.74) is 0.0406. The Hall–Kier alpha value is -0.970. The van der Waals surface area contributed by atoms with Crippen LogP contribution in [-0.4, -0.2) is 42.9 Å². The van der Waals surface area contributed by atoms with Crippen molar-refractivity contribution in [3.63, 3.8) is 0 Å². The third kappa shape index (κ3) is 3.03. The molecule has 1 aromatic rings. The molecule has 2 aliphatic rings. The van der Waals surface area contributed by atoms with Crippen molar-refractivity contribution in [2.24, 2.45) is 5.92 Å². The number of rotatable bonds is 3. The molecule has 3 rings (SSSR count). The van der Waals surface area contributed by atoms with Crippen LogP contribution in [0.25, 0.3) is 0 Å². The average Bonchev–Trinajstić information content (AvgIpc) is 2.95. The number of benzene rings is 1. The van der Waals surface area contributed by atoms with Crippen LogP contribution in [0.4, 0.5) is 4.39 Å². The van der Waals surface area contributed by atoms with Gasteiger partial charge in [0.2, 0.25) is 0 Å². The fourth-order valence-corrected chi connectivity index (χ4v) is 3.25. The maximum Gasteiger partial charge on any atom is 0.123 e. The molecule has 0 saturated carbocycles. The molecule has 1 aromatic carbocycles. The van der Waals surface area contributed by atoms with Gasteiger partial charge in [0.05, 0.1) is 12.2 Å². The molecule has 1 N–H and O–H groups in total. The largest absolute Gasteiger partial charge is 0.385 e. The lowest BCUT2D eigenvalue weighted by Gasteiger charge is -2.39. The van der Waals surface area contributed by atoms with E-state index >= 15 is 0 Å². The number of ether oxygens (including phenoxy) is 1. The monoisotopic (exact) mass is 279 g/mol. The molecule has 0 spiro atoms. The van der Waals surface area contributed by atoms with E-state index in [9.17, 15) is 9.50 Å². The minimum absolute atomic E-state index is 0.254. The number of nitrogens with zero attached hydrogens (tertiary/aromatic N) is 1. The maximum absolute atomic E-state index is 13.0. The molecule has 2 aliphatic heterocycles. The van der Waals surface area contributed by atoms with Gasteiger partial charge >= 0.3 is 0 Å². The van der Waals surface area contributed by atoms with Gasteiger partial charge in [0.15, 0.2) is 0 Å². The number of hydrogen-bond donors (Lipinski definition) is 1. The SMILES string of the molecule is OC1(c2ccc(F)cc2)CCN(C[C@H]2CCOC2)CC1. The fourth-order valence-electron chi connectivity index (χ4n) is 3.25. The first kappa shape index (κ1) is 14.0. The van der Waals surface area contributed by atoms with Gasteiger partial charge in [-0.25, -0.2) is 4.39 Å². The third-order valence-electron chi connectivity index (χ3n) is 4.61. The highest BCUT2D eigenvalue weighted by Gasteiger charge is 2.34. The number of likely N-dealkylation sites (tertiary alicyclic amines) is 1. The summed E-state index contributed by atoms with van der Waals surface area (Å²) in [5.74, 6) is 0.392.